The highest BCUT2D eigenvalue weighted by atomic mass is 35.5. The van der Waals surface area contributed by atoms with Gasteiger partial charge in [-0.2, -0.15) is 0 Å². The summed E-state index contributed by atoms with van der Waals surface area (Å²) >= 11 is 0. The molecule has 0 aromatic heterocycles. The van der Waals surface area contributed by atoms with Crippen LogP contribution in [0.4, 0.5) is 0 Å². The van der Waals surface area contributed by atoms with Gasteiger partial charge in [0, 0.05) is 24.7 Å². The van der Waals surface area contributed by atoms with E-state index in [-0.39, 0.29) is 18.3 Å². The monoisotopic (exact) mass is 336 g/mol. The van der Waals surface area contributed by atoms with Crippen LogP contribution in [0.3, 0.4) is 0 Å². The van der Waals surface area contributed by atoms with Crippen LogP contribution in [-0.2, 0) is 0 Å². The number of benzene rings is 1. The SMILES string of the molecule is CNC1CCCN(C(=O)c2ccc(C3CCCCC3)cc2)C1.Cl. The summed E-state index contributed by atoms with van der Waals surface area (Å²) in [5, 5.41) is 3.30. The average molecular weight is 337 g/mol. The number of rotatable bonds is 3. The van der Waals surface area contributed by atoms with Crippen LogP contribution < -0.4 is 5.32 Å². The molecule has 1 aliphatic carbocycles. The van der Waals surface area contributed by atoms with Gasteiger partial charge in [0.2, 0.25) is 0 Å². The molecule has 2 aliphatic rings. The Kier molecular flexibility index (Phi) is 6.91. The van der Waals surface area contributed by atoms with Crippen molar-refractivity contribution in [2.45, 2.75) is 56.9 Å². The zero-order valence-electron chi connectivity index (χ0n) is 14.1. The van der Waals surface area contributed by atoms with Crippen LogP contribution in [0.5, 0.6) is 0 Å². The summed E-state index contributed by atoms with van der Waals surface area (Å²) in [6.07, 6.45) is 8.97. The zero-order valence-corrected chi connectivity index (χ0v) is 14.9. The molecule has 3 nitrogen and oxygen atoms in total. The second-order valence-corrected chi connectivity index (χ2v) is 6.84. The lowest BCUT2D eigenvalue weighted by Crippen LogP contribution is -2.46. The molecule has 1 aromatic carbocycles. The summed E-state index contributed by atoms with van der Waals surface area (Å²) in [5.41, 5.74) is 2.26. The quantitative estimate of drug-likeness (QED) is 0.905. The average Bonchev–Trinajstić information content (AvgIpc) is 2.62. The predicted molar refractivity (Wildman–Crippen MR) is 97.5 cm³/mol. The number of hydrogen-bond acceptors (Lipinski definition) is 2. The lowest BCUT2D eigenvalue weighted by Gasteiger charge is -2.32. The topological polar surface area (TPSA) is 32.3 Å². The van der Waals surface area contributed by atoms with Gasteiger partial charge in [-0.25, -0.2) is 0 Å². The van der Waals surface area contributed by atoms with Crippen LogP contribution in [0.15, 0.2) is 24.3 Å². The Morgan fingerprint density at radius 3 is 2.39 bits per heavy atom. The molecule has 1 aliphatic heterocycles. The lowest BCUT2D eigenvalue weighted by atomic mass is 9.84. The van der Waals surface area contributed by atoms with Crippen molar-refractivity contribution in [1.82, 2.24) is 10.2 Å². The maximum atomic E-state index is 12.6. The Morgan fingerprint density at radius 2 is 1.74 bits per heavy atom. The summed E-state index contributed by atoms with van der Waals surface area (Å²) in [7, 11) is 1.98. The predicted octanol–water partition coefficient (Wildman–Crippen LogP) is 3.98. The Labute approximate surface area is 146 Å². The number of nitrogens with zero attached hydrogens (tertiary/aromatic N) is 1. The second kappa shape index (κ2) is 8.70. The fourth-order valence-corrected chi connectivity index (χ4v) is 3.91. The van der Waals surface area contributed by atoms with Gasteiger partial charge in [-0.3, -0.25) is 4.79 Å². The molecule has 0 spiro atoms. The van der Waals surface area contributed by atoms with Crippen molar-refractivity contribution in [2.75, 3.05) is 20.1 Å². The Hall–Kier alpha value is -1.06. The van der Waals surface area contributed by atoms with Crippen molar-refractivity contribution in [3.05, 3.63) is 35.4 Å². The minimum atomic E-state index is 0. The fraction of sp³-hybridized carbons (Fsp3) is 0.632. The van der Waals surface area contributed by atoms with E-state index in [1.165, 1.54) is 44.1 Å². The molecule has 1 unspecified atom stereocenters. The number of halogens is 1. The number of carbonyl (C=O) groups is 1. The van der Waals surface area contributed by atoms with Crippen LogP contribution in [0, 0.1) is 0 Å². The van der Waals surface area contributed by atoms with E-state index in [2.05, 4.69) is 17.4 Å². The van der Waals surface area contributed by atoms with Crippen molar-refractivity contribution >= 4 is 18.3 Å². The second-order valence-electron chi connectivity index (χ2n) is 6.84. The molecule has 4 heteroatoms. The van der Waals surface area contributed by atoms with E-state index in [4.69, 9.17) is 0 Å². The Morgan fingerprint density at radius 1 is 1.04 bits per heavy atom. The van der Waals surface area contributed by atoms with E-state index >= 15 is 0 Å². The number of amides is 1. The first kappa shape index (κ1) is 18.3. The molecule has 1 aromatic rings. The molecule has 0 bridgehead atoms. The van der Waals surface area contributed by atoms with Gasteiger partial charge in [-0.05, 0) is 56.3 Å². The molecule has 1 atom stereocenters. The van der Waals surface area contributed by atoms with E-state index < -0.39 is 0 Å². The number of likely N-dealkylation sites (tertiary alicyclic amines) is 1. The van der Waals surface area contributed by atoms with Crippen LogP contribution in [-0.4, -0.2) is 37.0 Å². The Bertz CT molecular complexity index is 497. The van der Waals surface area contributed by atoms with Crippen molar-refractivity contribution in [3.63, 3.8) is 0 Å². The van der Waals surface area contributed by atoms with Gasteiger partial charge in [0.15, 0.2) is 0 Å². The summed E-state index contributed by atoms with van der Waals surface area (Å²) in [6, 6.07) is 8.88. The van der Waals surface area contributed by atoms with Gasteiger partial charge in [0.1, 0.15) is 0 Å². The molecule has 23 heavy (non-hydrogen) atoms. The maximum Gasteiger partial charge on any atom is 0.253 e. The van der Waals surface area contributed by atoms with Gasteiger partial charge in [0.25, 0.3) is 5.91 Å². The van der Waals surface area contributed by atoms with Crippen LogP contribution in [0.25, 0.3) is 0 Å². The normalized spacial score (nSPS) is 22.5. The van der Waals surface area contributed by atoms with Crippen LogP contribution in [0.2, 0.25) is 0 Å². The third kappa shape index (κ3) is 4.48. The molecule has 1 heterocycles. The highest BCUT2D eigenvalue weighted by Crippen LogP contribution is 2.32. The first-order valence-corrected chi connectivity index (χ1v) is 8.84. The fourth-order valence-electron chi connectivity index (χ4n) is 3.91. The molecule has 1 saturated carbocycles. The van der Waals surface area contributed by atoms with Crippen LogP contribution >= 0.6 is 12.4 Å². The van der Waals surface area contributed by atoms with Crippen molar-refractivity contribution in [3.8, 4) is 0 Å². The number of carbonyl (C=O) groups excluding carboxylic acids is 1. The first-order chi connectivity index (χ1) is 10.8. The van der Waals surface area contributed by atoms with Gasteiger partial charge in [0.05, 0.1) is 0 Å². The third-order valence-corrected chi connectivity index (χ3v) is 5.35. The van der Waals surface area contributed by atoms with E-state index in [1.54, 1.807) is 0 Å². The van der Waals surface area contributed by atoms with Crippen molar-refractivity contribution < 1.29 is 4.79 Å². The van der Waals surface area contributed by atoms with Gasteiger partial charge < -0.3 is 10.2 Å². The van der Waals surface area contributed by atoms with Gasteiger partial charge in [-0.1, -0.05) is 31.4 Å². The highest BCUT2D eigenvalue weighted by Gasteiger charge is 2.23. The number of nitrogens with one attached hydrogen (secondary N) is 1. The van der Waals surface area contributed by atoms with E-state index in [1.807, 2.05) is 24.1 Å². The minimum absolute atomic E-state index is 0. The van der Waals surface area contributed by atoms with Crippen LogP contribution in [0.1, 0.15) is 66.8 Å². The molecule has 1 saturated heterocycles. The lowest BCUT2D eigenvalue weighted by molar-refractivity contribution is 0.0698. The number of likely N-dealkylation sites (N-methyl/N-ethyl adjacent to an activating group) is 1. The van der Waals surface area contributed by atoms with E-state index in [0.717, 1.165) is 25.1 Å². The summed E-state index contributed by atoms with van der Waals surface area (Å²) in [6.45, 7) is 1.72. The molecule has 1 amide bonds. The Balaban J connectivity index is 0.00000192. The molecule has 0 radical (unpaired) electrons. The standard InChI is InChI=1S/C19H28N2O.ClH/c1-20-18-8-5-13-21(14-18)19(22)17-11-9-16(10-12-17)15-6-3-2-4-7-15;/h9-12,15,18,20H,2-8,13-14H2,1H3;1H. The molecule has 128 valence electrons. The first-order valence-electron chi connectivity index (χ1n) is 8.84. The minimum Gasteiger partial charge on any atom is -0.337 e. The molecular formula is C19H29ClN2O. The van der Waals surface area contributed by atoms with E-state index in [9.17, 15) is 4.79 Å². The highest BCUT2D eigenvalue weighted by molar-refractivity contribution is 5.94. The van der Waals surface area contributed by atoms with Gasteiger partial charge in [-0.15, -0.1) is 12.4 Å². The van der Waals surface area contributed by atoms with Gasteiger partial charge >= 0.3 is 0 Å². The summed E-state index contributed by atoms with van der Waals surface area (Å²) < 4.78 is 0. The molecule has 1 N–H and O–H groups in total. The van der Waals surface area contributed by atoms with E-state index in [0.29, 0.717) is 12.0 Å². The summed E-state index contributed by atoms with van der Waals surface area (Å²) in [5.74, 6) is 0.900. The number of piperidine rings is 1. The zero-order chi connectivity index (χ0) is 15.4. The van der Waals surface area contributed by atoms with Crippen molar-refractivity contribution in [2.24, 2.45) is 0 Å². The maximum absolute atomic E-state index is 12.6. The van der Waals surface area contributed by atoms with Crippen molar-refractivity contribution in [1.29, 1.82) is 0 Å². The smallest absolute Gasteiger partial charge is 0.253 e. The molecular weight excluding hydrogens is 308 g/mol. The number of hydrogen-bond donors (Lipinski definition) is 1. The summed E-state index contributed by atoms with van der Waals surface area (Å²) in [4.78, 5) is 14.6. The molecule has 3 rings (SSSR count). The molecule has 2 fully saturated rings. The third-order valence-electron chi connectivity index (χ3n) is 5.35. The largest absolute Gasteiger partial charge is 0.337 e.